The van der Waals surface area contributed by atoms with Crippen molar-refractivity contribution in [2.75, 3.05) is 73.4 Å². The predicted molar refractivity (Wildman–Crippen MR) is 525 cm³/mol. The van der Waals surface area contributed by atoms with Crippen molar-refractivity contribution in [3.05, 3.63) is 102 Å². The van der Waals surface area contributed by atoms with E-state index in [1.165, 1.54) is 64.4 Å². The number of benzene rings is 2. The van der Waals surface area contributed by atoms with Gasteiger partial charge in [-0.1, -0.05) is 131 Å². The number of rotatable bonds is 28. The zero-order valence-electron chi connectivity index (χ0n) is 82.8. The fraction of sp³-hybridized carbons (Fsp3) is 0.667. The van der Waals surface area contributed by atoms with Gasteiger partial charge in [0.15, 0.2) is 41.8 Å². The number of allylic oxidation sites excluding steroid dienone is 6. The Bertz CT molecular complexity index is 4960. The number of anilines is 1. The van der Waals surface area contributed by atoms with E-state index >= 15 is 0 Å². The van der Waals surface area contributed by atoms with Crippen LogP contribution >= 0.6 is 69.5 Å². The number of hydrogen-bond donors (Lipinski definition) is 7. The van der Waals surface area contributed by atoms with Crippen molar-refractivity contribution in [2.24, 2.45) is 5.92 Å². The average Bonchev–Trinajstić information content (AvgIpc) is 1.53. The van der Waals surface area contributed by atoms with Crippen LogP contribution in [-0.4, -0.2) is 322 Å². The second-order valence-corrected chi connectivity index (χ2v) is 44.2. The Labute approximate surface area is 835 Å². The van der Waals surface area contributed by atoms with Crippen molar-refractivity contribution in [2.45, 2.75) is 348 Å². The minimum Gasteiger partial charge on any atom is -0.492 e. The molecule has 137 heavy (non-hydrogen) atoms. The maximum Gasteiger partial charge on any atom is 0.328 e. The number of likely N-dealkylation sites (N-methyl/N-ethyl adjacent to an activating group) is 2. The van der Waals surface area contributed by atoms with Gasteiger partial charge in [0.25, 0.3) is 0 Å². The number of ketones is 1. The number of aliphatic hydroxyl groups is 6. The molecule has 6 bridgehead atoms. The molecule has 7 heterocycles. The zero-order chi connectivity index (χ0) is 101. The molecule has 38 heteroatoms. The summed E-state index contributed by atoms with van der Waals surface area (Å²) in [7, 11) is 10.3. The Morgan fingerprint density at radius 3 is 2.15 bits per heavy atom. The van der Waals surface area contributed by atoms with Gasteiger partial charge in [0.1, 0.15) is 72.2 Å². The summed E-state index contributed by atoms with van der Waals surface area (Å²) in [6.07, 6.45) is -9.48. The molecule has 18 unspecified atom stereocenters. The lowest BCUT2D eigenvalue weighted by molar-refractivity contribution is -0.337. The number of carbonyl (C=O) groups is 7. The highest BCUT2D eigenvalue weighted by molar-refractivity contribution is 14.1. The van der Waals surface area contributed by atoms with Crippen LogP contribution in [0.4, 0.5) is 5.69 Å². The van der Waals surface area contributed by atoms with E-state index in [1.54, 1.807) is 97.1 Å². The fourth-order valence-corrected chi connectivity index (χ4v) is 22.8. The first kappa shape index (κ1) is 113. The summed E-state index contributed by atoms with van der Waals surface area (Å²) in [4.78, 5) is 106. The standard InChI is InChI=1S/C58H79IN2O20S2.C41H59ClN2O9S/c1-14-61(33(9)62)35-26-74-40(24-39(35)70-10)79-52-47(66)45(30(6)76-57(52)78-38-19-17-15-16-18-21-58(69)25-37(64)28(4)42(38)34(58)20-22-82-27(2)3)60-81-41-23-36(63)54(32(8)75-41)83-55(68)43-29(5)44(59)50(53(73-13)49(43)71-11)80-56-48(67)51(72-12)46(65)31(7)77-56;1-23(2)54-39(7,8)21-34(46)43(10)27(6)38(48)52-32-19-33(45)44(11)29-18-28(17-25(4)36(29)42)16-24(3)14-13-15-31(50-12)41(49)20-30(51-35(47)22-41)26(5)37-40(32,9)53-37/h15-16,20,27,30-32,35-36,38-41,45-48,51-52,54,56-57,60,63,65-67,69H,14,22-26H2,1-13H3;13-15,17-18,23,26-27,30-32,37,49H,16,19-22H2,1-12H3/b16-15-,34-20-;15-13+,24-14+/t30?,31?,32?,35?,36?,38?,39?,40?,41?,45?,46?,47?,48?,51?,52?,54?,56?,57?,58-;26-,27+,30+,31-,32+,37+,40+,41-/m01/s1. The minimum absolute atomic E-state index is 0.0342. The van der Waals surface area contributed by atoms with Gasteiger partial charge in [-0.3, -0.25) is 33.6 Å². The van der Waals surface area contributed by atoms with Crippen LogP contribution in [-0.2, 0) is 96.9 Å². The molecule has 0 saturated carbocycles. The molecule has 27 atom stereocenters. The normalized spacial score (nSPS) is 34.4. The number of nitrogens with one attached hydrogen (secondary N) is 1. The topological polar surface area (TPSA) is 414 Å². The molecule has 6 saturated heterocycles. The molecule has 2 aliphatic carbocycles. The first-order valence-electron chi connectivity index (χ1n) is 46.3. The van der Waals surface area contributed by atoms with Gasteiger partial charge < -0.3 is 116 Å². The van der Waals surface area contributed by atoms with E-state index in [1.807, 2.05) is 94.5 Å². The van der Waals surface area contributed by atoms with Crippen molar-refractivity contribution < 1.29 is 140 Å². The summed E-state index contributed by atoms with van der Waals surface area (Å²) in [5.74, 6) is 9.66. The summed E-state index contributed by atoms with van der Waals surface area (Å²) >= 11 is 13.0. The number of aliphatic hydroxyl groups excluding tert-OH is 4. The first-order chi connectivity index (χ1) is 64.4. The molecule has 0 radical (unpaired) electrons. The van der Waals surface area contributed by atoms with Gasteiger partial charge in [0, 0.05) is 102 Å². The number of hydroxylamine groups is 1. The third kappa shape index (κ3) is 26.7. The highest BCUT2D eigenvalue weighted by Crippen LogP contribution is 2.53. The van der Waals surface area contributed by atoms with Gasteiger partial charge in [-0.2, -0.15) is 29.0 Å². The maximum atomic E-state index is 14.4. The number of halogens is 2. The molecule has 2 aromatic carbocycles. The van der Waals surface area contributed by atoms with E-state index in [9.17, 15) is 64.2 Å². The molecule has 9 aliphatic rings. The fourth-order valence-electron chi connectivity index (χ4n) is 18.7. The summed E-state index contributed by atoms with van der Waals surface area (Å²) in [6.45, 7) is 33.4. The van der Waals surface area contributed by atoms with Crippen LogP contribution in [0.5, 0.6) is 17.2 Å². The van der Waals surface area contributed by atoms with E-state index in [0.29, 0.717) is 60.5 Å². The SMILES string of the molecule is CCN(C(C)=O)C1COC(OC2C(OC3C#C/C=C\C#C[C@]4(O)CC(=O)C(C)=C3/C4=C/CSC(C)C)OC(C)C(NOC3CC(O)C(SC(=O)c4c(C)c(I)c(OC5OC(C)C(O)C(OC)C5O)c(OC)c4OC)C(C)O3)C2O)CC1OC.CO[C@@H]1/C=C/C=C(\C)Cc2cc(C)c(Cl)c(c2)N(C)C(=O)C[C@H](OC(=O)[C@H](C)N(C)C(=O)CC(C)(C)SC(C)C)[C@]2(C)O[C@H]2[C@H](C)[C@@H]2C[C@@]1(O)CC(=O)O2. The predicted octanol–water partition coefficient (Wildman–Crippen LogP) is 10.0. The summed E-state index contributed by atoms with van der Waals surface area (Å²) in [5.41, 5.74) is 3.15. The lowest BCUT2D eigenvalue weighted by Crippen LogP contribution is -2.65. The first-order valence-corrected chi connectivity index (χ1v) is 50.5. The lowest BCUT2D eigenvalue weighted by atomic mass is 9.74. The van der Waals surface area contributed by atoms with E-state index < -0.39 is 180 Å². The number of epoxide rings is 1. The number of nitrogens with zero attached hydrogens (tertiary/aromatic N) is 3. The maximum absolute atomic E-state index is 14.4. The van der Waals surface area contributed by atoms with Crippen LogP contribution in [0.15, 0.2) is 70.9 Å². The smallest absolute Gasteiger partial charge is 0.328 e. The quantitative estimate of drug-likeness (QED) is 0.0137. The number of carbonyl (C=O) groups excluding carboxylic acids is 7. The summed E-state index contributed by atoms with van der Waals surface area (Å²) in [6, 6.07) is 1.39. The molecule has 33 nitrogen and oxygen atoms in total. The van der Waals surface area contributed by atoms with Crippen molar-refractivity contribution in [1.29, 1.82) is 0 Å². The number of fused-ring (bicyclic) bond motifs is 7. The van der Waals surface area contributed by atoms with E-state index in [-0.39, 0.29) is 108 Å². The third-order valence-corrected chi connectivity index (χ3v) is 31.9. The summed E-state index contributed by atoms with van der Waals surface area (Å²) < 4.78 is 91.5. The summed E-state index contributed by atoms with van der Waals surface area (Å²) in [5, 5.41) is 69.6. The molecule has 0 aromatic heterocycles. The van der Waals surface area contributed by atoms with Gasteiger partial charge in [-0.25, -0.2) is 4.79 Å². The van der Waals surface area contributed by atoms with E-state index in [4.69, 9.17) is 87.5 Å². The Hall–Kier alpha value is -6.30. The number of thioether (sulfide) groups is 3. The number of hydrogen-bond acceptors (Lipinski definition) is 33. The molecule has 11 rings (SSSR count). The molecule has 7 aliphatic heterocycles. The molecule has 3 amide bonds. The zero-order valence-corrected chi connectivity index (χ0v) is 88.2. The second-order valence-electron chi connectivity index (χ2n) is 37.7. The third-order valence-electron chi connectivity index (χ3n) is 26.4. The van der Waals surface area contributed by atoms with Gasteiger partial charge in [0.05, 0.1) is 114 Å². The molecule has 0 spiro atoms. The molecular weight excluding hydrogens is 1970 g/mol. The molecule has 6 fully saturated rings. The van der Waals surface area contributed by atoms with Crippen LogP contribution < -0.4 is 24.6 Å². The second kappa shape index (κ2) is 48.4. The Morgan fingerprint density at radius 1 is 0.832 bits per heavy atom. The van der Waals surface area contributed by atoms with Crippen molar-refractivity contribution in [3.63, 3.8) is 0 Å². The lowest BCUT2D eigenvalue weighted by Gasteiger charge is -2.47. The van der Waals surface area contributed by atoms with Gasteiger partial charge >= 0.3 is 11.9 Å². The minimum atomic E-state index is -1.87. The molecule has 7 N–H and O–H groups in total. The van der Waals surface area contributed by atoms with Crippen LogP contribution in [0.2, 0.25) is 5.02 Å². The largest absolute Gasteiger partial charge is 0.492 e. The van der Waals surface area contributed by atoms with E-state index in [0.717, 1.165) is 28.5 Å². The highest BCUT2D eigenvalue weighted by Gasteiger charge is 2.65. The van der Waals surface area contributed by atoms with Gasteiger partial charge in [-0.05, 0) is 149 Å². The Morgan fingerprint density at radius 2 is 1.52 bits per heavy atom. The Balaban J connectivity index is 0.000000310. The number of Topliss-reactive ketones (excluding diaryl/α,β-unsaturated/α-hetero) is 1. The van der Waals surface area contributed by atoms with Crippen molar-refractivity contribution in [1.82, 2.24) is 15.3 Å². The molecule has 2 aromatic rings. The van der Waals surface area contributed by atoms with E-state index in [2.05, 4.69) is 56.9 Å². The number of aryl methyl sites for hydroxylation is 1. The van der Waals surface area contributed by atoms with Crippen molar-refractivity contribution >= 4 is 116 Å². The molecular formula is C99H138ClIN4O29S3. The number of methoxy groups -OCH3 is 5. The highest BCUT2D eigenvalue weighted by atomic mass is 127. The van der Waals surface area contributed by atoms with Gasteiger partial charge in [0.2, 0.25) is 34.9 Å². The van der Waals surface area contributed by atoms with Crippen molar-refractivity contribution in [3.8, 4) is 40.9 Å². The monoisotopic (exact) mass is 2100 g/mol. The Kier molecular flexibility index (Phi) is 39.8. The van der Waals surface area contributed by atoms with Gasteiger partial charge in [-0.15, -0.1) is 0 Å². The van der Waals surface area contributed by atoms with Crippen LogP contribution in [0.25, 0.3) is 0 Å². The van der Waals surface area contributed by atoms with Crippen LogP contribution in [0, 0.1) is 47.0 Å². The number of esters is 2. The number of ether oxygens (including phenoxy) is 15. The van der Waals surface area contributed by atoms with Crippen LogP contribution in [0.1, 0.15) is 183 Å². The molecule has 760 valence electrons. The number of amides is 3. The average molecular weight is 2110 g/mol. The van der Waals surface area contributed by atoms with Crippen LogP contribution in [0.3, 0.4) is 0 Å².